The summed E-state index contributed by atoms with van der Waals surface area (Å²) in [6.45, 7) is 7.34. The molecule has 0 saturated carbocycles. The highest BCUT2D eigenvalue weighted by Crippen LogP contribution is 2.27. The molecule has 0 spiro atoms. The molecule has 2 atom stereocenters. The van der Waals surface area contributed by atoms with Gasteiger partial charge in [0.05, 0.1) is 25.9 Å². The van der Waals surface area contributed by atoms with E-state index in [2.05, 4.69) is 30.6 Å². The average molecular weight is 241 g/mol. The SMILES string of the molecule is CCNC(c1ccsc1C)C1COCCO1. The Labute approximate surface area is 101 Å². The summed E-state index contributed by atoms with van der Waals surface area (Å²) >= 11 is 1.79. The number of hydrogen-bond donors (Lipinski definition) is 1. The Morgan fingerprint density at radius 2 is 2.44 bits per heavy atom. The number of aryl methyl sites for hydroxylation is 1. The molecule has 1 aromatic rings. The minimum atomic E-state index is 0.141. The Balaban J connectivity index is 2.12. The number of nitrogens with one attached hydrogen (secondary N) is 1. The molecule has 1 aliphatic heterocycles. The van der Waals surface area contributed by atoms with Crippen LogP contribution in [0.15, 0.2) is 11.4 Å². The van der Waals surface area contributed by atoms with Crippen LogP contribution in [0, 0.1) is 6.92 Å². The summed E-state index contributed by atoms with van der Waals surface area (Å²) in [5, 5.41) is 5.63. The van der Waals surface area contributed by atoms with E-state index in [4.69, 9.17) is 9.47 Å². The van der Waals surface area contributed by atoms with Crippen LogP contribution in [0.5, 0.6) is 0 Å². The van der Waals surface area contributed by atoms with Crippen LogP contribution >= 0.6 is 11.3 Å². The first-order valence-electron chi connectivity index (χ1n) is 5.79. The average Bonchev–Trinajstić information content (AvgIpc) is 2.73. The molecule has 2 rings (SSSR count). The van der Waals surface area contributed by atoms with Crippen LogP contribution < -0.4 is 5.32 Å². The van der Waals surface area contributed by atoms with Crippen LogP contribution in [-0.4, -0.2) is 32.5 Å². The maximum Gasteiger partial charge on any atom is 0.100 e. The van der Waals surface area contributed by atoms with E-state index >= 15 is 0 Å². The monoisotopic (exact) mass is 241 g/mol. The van der Waals surface area contributed by atoms with Crippen molar-refractivity contribution in [1.82, 2.24) is 5.32 Å². The first-order valence-corrected chi connectivity index (χ1v) is 6.67. The Morgan fingerprint density at radius 1 is 1.56 bits per heavy atom. The Morgan fingerprint density at radius 3 is 3.00 bits per heavy atom. The maximum absolute atomic E-state index is 5.79. The molecule has 3 nitrogen and oxygen atoms in total. The summed E-state index contributed by atoms with van der Waals surface area (Å²) in [4.78, 5) is 1.36. The predicted molar refractivity (Wildman–Crippen MR) is 66.0 cm³/mol. The van der Waals surface area contributed by atoms with Crippen LogP contribution in [0.3, 0.4) is 0 Å². The van der Waals surface area contributed by atoms with Gasteiger partial charge in [-0.3, -0.25) is 0 Å². The van der Waals surface area contributed by atoms with E-state index in [0.717, 1.165) is 13.2 Å². The van der Waals surface area contributed by atoms with Crippen molar-refractivity contribution in [2.24, 2.45) is 0 Å². The van der Waals surface area contributed by atoms with E-state index in [1.807, 2.05) is 0 Å². The second kappa shape index (κ2) is 5.77. The van der Waals surface area contributed by atoms with Gasteiger partial charge in [-0.15, -0.1) is 11.3 Å². The molecule has 0 amide bonds. The van der Waals surface area contributed by atoms with Crippen molar-refractivity contribution in [3.05, 3.63) is 21.9 Å². The van der Waals surface area contributed by atoms with Gasteiger partial charge in [0.25, 0.3) is 0 Å². The lowest BCUT2D eigenvalue weighted by molar-refractivity contribution is -0.102. The van der Waals surface area contributed by atoms with E-state index < -0.39 is 0 Å². The van der Waals surface area contributed by atoms with Gasteiger partial charge in [-0.05, 0) is 30.5 Å². The third-order valence-corrected chi connectivity index (χ3v) is 3.73. The lowest BCUT2D eigenvalue weighted by Gasteiger charge is -2.31. The molecule has 1 N–H and O–H groups in total. The standard InChI is InChI=1S/C12H19NO2S/c1-3-13-12(10-4-7-16-9(10)2)11-8-14-5-6-15-11/h4,7,11-13H,3,5-6,8H2,1-2H3. The van der Waals surface area contributed by atoms with Gasteiger partial charge in [0.2, 0.25) is 0 Å². The molecule has 2 unspecified atom stereocenters. The molecule has 1 fully saturated rings. The smallest absolute Gasteiger partial charge is 0.100 e. The summed E-state index contributed by atoms with van der Waals surface area (Å²) in [6.07, 6.45) is 0.141. The van der Waals surface area contributed by atoms with Gasteiger partial charge < -0.3 is 14.8 Å². The molecule has 1 aromatic heterocycles. The molecule has 1 saturated heterocycles. The normalized spacial score (nSPS) is 23.2. The molecular weight excluding hydrogens is 222 g/mol. The van der Waals surface area contributed by atoms with Gasteiger partial charge in [0.1, 0.15) is 6.10 Å². The minimum absolute atomic E-state index is 0.141. The lowest BCUT2D eigenvalue weighted by Crippen LogP contribution is -2.40. The van der Waals surface area contributed by atoms with Crippen LogP contribution in [-0.2, 0) is 9.47 Å². The zero-order valence-electron chi connectivity index (χ0n) is 9.86. The minimum Gasteiger partial charge on any atom is -0.376 e. The third kappa shape index (κ3) is 2.63. The zero-order valence-corrected chi connectivity index (χ0v) is 10.7. The van der Waals surface area contributed by atoms with E-state index in [1.54, 1.807) is 11.3 Å². The molecule has 4 heteroatoms. The molecule has 0 radical (unpaired) electrons. The van der Waals surface area contributed by atoms with Gasteiger partial charge in [0, 0.05) is 4.88 Å². The van der Waals surface area contributed by atoms with Crippen molar-refractivity contribution in [2.75, 3.05) is 26.4 Å². The molecule has 0 bridgehead atoms. The van der Waals surface area contributed by atoms with E-state index in [9.17, 15) is 0 Å². The van der Waals surface area contributed by atoms with E-state index in [-0.39, 0.29) is 12.1 Å². The van der Waals surface area contributed by atoms with Gasteiger partial charge in [0.15, 0.2) is 0 Å². The quantitative estimate of drug-likeness (QED) is 0.876. The highest BCUT2D eigenvalue weighted by Gasteiger charge is 2.27. The van der Waals surface area contributed by atoms with Crippen LogP contribution in [0.2, 0.25) is 0 Å². The lowest BCUT2D eigenvalue weighted by atomic mass is 10.0. The fraction of sp³-hybridized carbons (Fsp3) is 0.667. The van der Waals surface area contributed by atoms with Gasteiger partial charge >= 0.3 is 0 Å². The summed E-state index contributed by atoms with van der Waals surface area (Å²) in [7, 11) is 0. The predicted octanol–water partition coefficient (Wildman–Crippen LogP) is 2.12. The van der Waals surface area contributed by atoms with Gasteiger partial charge in [-0.1, -0.05) is 6.92 Å². The molecule has 2 heterocycles. The molecule has 16 heavy (non-hydrogen) atoms. The first kappa shape index (κ1) is 12.0. The second-order valence-corrected chi connectivity index (χ2v) is 5.07. The van der Waals surface area contributed by atoms with E-state index in [0.29, 0.717) is 13.2 Å². The Bertz CT molecular complexity index is 321. The molecule has 0 aliphatic carbocycles. The summed E-state index contributed by atoms with van der Waals surface area (Å²) in [6, 6.07) is 2.45. The maximum atomic E-state index is 5.79. The van der Waals surface area contributed by atoms with Crippen LogP contribution in [0.1, 0.15) is 23.4 Å². The largest absolute Gasteiger partial charge is 0.376 e. The number of hydrogen-bond acceptors (Lipinski definition) is 4. The van der Waals surface area contributed by atoms with Gasteiger partial charge in [-0.25, -0.2) is 0 Å². The van der Waals surface area contributed by atoms with Crippen molar-refractivity contribution in [3.8, 4) is 0 Å². The highest BCUT2D eigenvalue weighted by atomic mass is 32.1. The zero-order chi connectivity index (χ0) is 11.4. The number of rotatable bonds is 4. The Kier molecular flexibility index (Phi) is 4.35. The summed E-state index contributed by atoms with van der Waals surface area (Å²) in [5.41, 5.74) is 1.35. The summed E-state index contributed by atoms with van der Waals surface area (Å²) < 4.78 is 11.3. The fourth-order valence-corrected chi connectivity index (χ4v) is 2.83. The highest BCUT2D eigenvalue weighted by molar-refractivity contribution is 7.10. The number of likely N-dealkylation sites (N-methyl/N-ethyl adjacent to an activating group) is 1. The molecule has 1 aliphatic rings. The first-order chi connectivity index (χ1) is 7.83. The van der Waals surface area contributed by atoms with Gasteiger partial charge in [-0.2, -0.15) is 0 Å². The Hall–Kier alpha value is -0.420. The molecule has 0 aromatic carbocycles. The molecular formula is C12H19NO2S. The van der Waals surface area contributed by atoms with Crippen LogP contribution in [0.25, 0.3) is 0 Å². The third-order valence-electron chi connectivity index (χ3n) is 2.87. The van der Waals surface area contributed by atoms with Crippen molar-refractivity contribution in [2.45, 2.75) is 26.0 Å². The fourth-order valence-electron chi connectivity index (χ4n) is 2.08. The van der Waals surface area contributed by atoms with Crippen molar-refractivity contribution >= 4 is 11.3 Å². The second-order valence-electron chi connectivity index (χ2n) is 3.95. The topological polar surface area (TPSA) is 30.5 Å². The van der Waals surface area contributed by atoms with Crippen molar-refractivity contribution < 1.29 is 9.47 Å². The van der Waals surface area contributed by atoms with Crippen LogP contribution in [0.4, 0.5) is 0 Å². The number of thiophene rings is 1. The van der Waals surface area contributed by atoms with E-state index in [1.165, 1.54) is 10.4 Å². The molecule has 90 valence electrons. The summed E-state index contributed by atoms with van der Waals surface area (Å²) in [5.74, 6) is 0. The van der Waals surface area contributed by atoms with Crippen molar-refractivity contribution in [3.63, 3.8) is 0 Å². The number of ether oxygens (including phenoxy) is 2. The van der Waals surface area contributed by atoms with Crippen molar-refractivity contribution in [1.29, 1.82) is 0 Å².